The Bertz CT molecular complexity index is 4030. The predicted octanol–water partition coefficient (Wildman–Crippen LogP) is 20.7. The van der Waals surface area contributed by atoms with Crippen molar-refractivity contribution in [2.45, 2.75) is 93.3 Å². The van der Waals surface area contributed by atoms with Crippen LogP contribution in [0.2, 0.25) is 0 Å². The van der Waals surface area contributed by atoms with E-state index in [9.17, 15) is 0 Å². The molecule has 10 aromatic carbocycles. The minimum Gasteiger partial charge on any atom is -0.456 e. The van der Waals surface area contributed by atoms with Crippen molar-refractivity contribution >= 4 is 39.0 Å². The van der Waals surface area contributed by atoms with E-state index in [0.717, 1.165) is 59.0 Å². The van der Waals surface area contributed by atoms with E-state index in [2.05, 4.69) is 248 Å². The summed E-state index contributed by atoms with van der Waals surface area (Å²) in [5.74, 6) is 0.911. The molecule has 0 saturated heterocycles. The molecule has 374 valence electrons. The molecule has 2 fully saturated rings. The van der Waals surface area contributed by atoms with Crippen molar-refractivity contribution in [3.63, 3.8) is 0 Å². The normalized spacial score (nSPS) is 21.3. The van der Waals surface area contributed by atoms with Gasteiger partial charge in [0.2, 0.25) is 0 Å². The second-order valence-electron chi connectivity index (χ2n) is 23.1. The third-order valence-electron chi connectivity index (χ3n) is 19.1. The summed E-state index contributed by atoms with van der Waals surface area (Å²) in [4.78, 5) is 2.51. The predicted molar refractivity (Wildman–Crippen MR) is 321 cm³/mol. The van der Waals surface area contributed by atoms with Gasteiger partial charge in [-0.05, 0) is 171 Å². The van der Waals surface area contributed by atoms with Crippen LogP contribution in [0.25, 0.3) is 66.4 Å². The highest BCUT2D eigenvalue weighted by Crippen LogP contribution is 2.71. The van der Waals surface area contributed by atoms with Crippen LogP contribution in [0.1, 0.15) is 109 Å². The average Bonchev–Trinajstić information content (AvgIpc) is 3.86. The van der Waals surface area contributed by atoms with Gasteiger partial charge in [0.15, 0.2) is 0 Å². The molecular weight excluding hydrogens is 931 g/mol. The number of anilines is 3. The van der Waals surface area contributed by atoms with Gasteiger partial charge in [0.1, 0.15) is 11.2 Å². The summed E-state index contributed by atoms with van der Waals surface area (Å²) in [6.45, 7) is 2.32. The minimum atomic E-state index is -0.268. The van der Waals surface area contributed by atoms with E-state index in [1.54, 1.807) is 11.1 Å². The molecule has 11 aromatic rings. The molecule has 2 spiro atoms. The molecule has 2 heteroatoms. The Balaban J connectivity index is 1.04. The van der Waals surface area contributed by atoms with E-state index in [1.165, 1.54) is 105 Å². The van der Waals surface area contributed by atoms with Gasteiger partial charge in [0, 0.05) is 50.6 Å². The zero-order valence-corrected chi connectivity index (χ0v) is 44.0. The van der Waals surface area contributed by atoms with Crippen LogP contribution in [0.4, 0.5) is 17.1 Å². The third kappa shape index (κ3) is 7.43. The number of furan rings is 1. The molecule has 0 aliphatic heterocycles. The third-order valence-corrected chi connectivity index (χ3v) is 19.1. The molecule has 4 aliphatic carbocycles. The van der Waals surface area contributed by atoms with Gasteiger partial charge in [-0.15, -0.1) is 0 Å². The number of aryl methyl sites for hydroxylation is 1. The van der Waals surface area contributed by atoms with Gasteiger partial charge in [0.25, 0.3) is 0 Å². The molecular formula is C75H63NO. The van der Waals surface area contributed by atoms with Crippen molar-refractivity contribution in [2.75, 3.05) is 4.90 Å². The first-order valence-electron chi connectivity index (χ1n) is 28.5. The Morgan fingerprint density at radius 2 is 0.922 bits per heavy atom. The maximum atomic E-state index is 6.70. The van der Waals surface area contributed by atoms with Crippen LogP contribution in [0, 0.1) is 6.92 Å². The summed E-state index contributed by atoms with van der Waals surface area (Å²) in [5, 5.41) is 2.28. The quantitative estimate of drug-likeness (QED) is 0.165. The summed E-state index contributed by atoms with van der Waals surface area (Å²) in [6, 6.07) is 90.8. The number of hydrogen-bond donors (Lipinski definition) is 0. The summed E-state index contributed by atoms with van der Waals surface area (Å²) in [6.07, 6.45) is 10.5. The van der Waals surface area contributed by atoms with E-state index in [4.69, 9.17) is 4.42 Å². The van der Waals surface area contributed by atoms with Crippen LogP contribution >= 0.6 is 0 Å². The van der Waals surface area contributed by atoms with Gasteiger partial charge in [-0.3, -0.25) is 0 Å². The van der Waals surface area contributed by atoms with E-state index in [-0.39, 0.29) is 16.7 Å². The van der Waals surface area contributed by atoms with Gasteiger partial charge in [0.05, 0.1) is 0 Å². The van der Waals surface area contributed by atoms with Crippen LogP contribution in [0.5, 0.6) is 0 Å². The van der Waals surface area contributed by atoms with Crippen LogP contribution in [0.15, 0.2) is 241 Å². The highest BCUT2D eigenvalue weighted by Gasteiger charge is 2.61. The molecule has 5 unspecified atom stereocenters. The standard InChI is InChI=1S/C75H63NO/c1-50-21-8-9-25-58(50)61-28-14-15-33-68(61)73-74-44-20-3-2-5-24-53-47-75(73,69-34-18-16-31-64(69)62-29-12-10-26-59(53)62)49-54(48-74)60-27-11-13-30-63(60)65-42-40-56(45-70(65)74)76(55-38-36-52(37-39-55)51-22-6-4-7-23-51)57-41-43-67-66-32-17-19-35-71(66)77-72(67)46-57/h4,6-19,21-23,25-43,45-46,53-54,73H,2-3,5,20,24,44,47-49H2,1H3. The van der Waals surface area contributed by atoms with E-state index < -0.39 is 0 Å². The van der Waals surface area contributed by atoms with Crippen LogP contribution in [0.3, 0.4) is 0 Å². The summed E-state index contributed by atoms with van der Waals surface area (Å²) >= 11 is 0. The molecule has 4 aliphatic rings. The molecule has 0 N–H and O–H groups in total. The first kappa shape index (κ1) is 46.1. The lowest BCUT2D eigenvalue weighted by Gasteiger charge is -2.59. The minimum absolute atomic E-state index is 0.145. The maximum Gasteiger partial charge on any atom is 0.137 e. The average molecular weight is 994 g/mol. The lowest BCUT2D eigenvalue weighted by Crippen LogP contribution is -2.52. The SMILES string of the molecule is Cc1ccccc1-c1ccccc1C1C23CCCCCCC4CC1(CC(C2)c1ccccc1-c1ccc(N(c2ccc(-c5ccccc5)cc2)c2ccc5c(c2)oc2ccccc25)cc13)c1ccccc1-c1ccccc14. The molecule has 0 amide bonds. The zero-order chi connectivity index (χ0) is 51.1. The maximum absolute atomic E-state index is 6.70. The molecule has 1 heterocycles. The Kier molecular flexibility index (Phi) is 11.1. The van der Waals surface area contributed by atoms with Gasteiger partial charge < -0.3 is 9.32 Å². The lowest BCUT2D eigenvalue weighted by atomic mass is 9.43. The van der Waals surface area contributed by atoms with Crippen molar-refractivity contribution < 1.29 is 4.42 Å². The molecule has 2 saturated carbocycles. The van der Waals surface area contributed by atoms with Gasteiger partial charge in [-0.25, -0.2) is 0 Å². The van der Waals surface area contributed by atoms with Crippen molar-refractivity contribution in [3.05, 3.63) is 270 Å². The molecule has 2 nitrogen and oxygen atoms in total. The molecule has 4 bridgehead atoms. The van der Waals surface area contributed by atoms with Crippen LogP contribution < -0.4 is 4.90 Å². The van der Waals surface area contributed by atoms with Crippen molar-refractivity contribution in [1.29, 1.82) is 0 Å². The smallest absolute Gasteiger partial charge is 0.137 e. The van der Waals surface area contributed by atoms with Crippen LogP contribution in [-0.4, -0.2) is 0 Å². The number of para-hydroxylation sites is 1. The molecule has 5 atom stereocenters. The Morgan fingerprint density at radius 1 is 0.377 bits per heavy atom. The Labute approximate surface area is 453 Å². The van der Waals surface area contributed by atoms with Crippen molar-refractivity contribution in [1.82, 2.24) is 0 Å². The Hall–Kier alpha value is -8.20. The monoisotopic (exact) mass is 993 g/mol. The second-order valence-corrected chi connectivity index (χ2v) is 23.1. The van der Waals surface area contributed by atoms with Crippen molar-refractivity contribution in [3.8, 4) is 44.5 Å². The summed E-state index contributed by atoms with van der Waals surface area (Å²) < 4.78 is 6.70. The van der Waals surface area contributed by atoms with Gasteiger partial charge in [-0.1, -0.05) is 214 Å². The topological polar surface area (TPSA) is 16.4 Å². The number of benzene rings is 10. The summed E-state index contributed by atoms with van der Waals surface area (Å²) in [7, 11) is 0. The second kappa shape index (κ2) is 18.5. The molecule has 15 rings (SSSR count). The van der Waals surface area contributed by atoms with Gasteiger partial charge >= 0.3 is 0 Å². The van der Waals surface area contributed by atoms with E-state index in [1.807, 2.05) is 0 Å². The molecule has 77 heavy (non-hydrogen) atoms. The van der Waals surface area contributed by atoms with E-state index in [0.29, 0.717) is 11.8 Å². The number of rotatable bonds is 6. The largest absolute Gasteiger partial charge is 0.456 e. The fourth-order valence-electron chi connectivity index (χ4n) is 16.0. The lowest BCUT2D eigenvalue weighted by molar-refractivity contribution is 0.0992. The number of nitrogens with zero attached hydrogens (tertiary/aromatic N) is 1. The Morgan fingerprint density at radius 3 is 1.71 bits per heavy atom. The first-order chi connectivity index (χ1) is 38.0. The zero-order valence-electron chi connectivity index (χ0n) is 44.0. The molecule has 0 radical (unpaired) electrons. The van der Waals surface area contributed by atoms with Gasteiger partial charge in [-0.2, -0.15) is 0 Å². The molecule has 1 aromatic heterocycles. The fourth-order valence-corrected chi connectivity index (χ4v) is 16.0. The van der Waals surface area contributed by atoms with E-state index >= 15 is 0 Å². The highest BCUT2D eigenvalue weighted by molar-refractivity contribution is 6.06. The first-order valence-corrected chi connectivity index (χ1v) is 28.5. The summed E-state index contributed by atoms with van der Waals surface area (Å²) in [5.41, 5.74) is 24.4. The van der Waals surface area contributed by atoms with Crippen LogP contribution in [-0.2, 0) is 10.8 Å². The number of fused-ring (bicyclic) bond motifs is 13. The fraction of sp³-hybridized carbons (Fsp3) is 0.200. The highest BCUT2D eigenvalue weighted by atomic mass is 16.3. The number of hydrogen-bond acceptors (Lipinski definition) is 2. The van der Waals surface area contributed by atoms with Crippen molar-refractivity contribution in [2.24, 2.45) is 0 Å².